The van der Waals surface area contributed by atoms with Crippen molar-refractivity contribution >= 4 is 17.1 Å². The van der Waals surface area contributed by atoms with Gasteiger partial charge < -0.3 is 16.0 Å². The number of rotatable bonds is 2. The molecule has 0 unspecified atom stereocenters. The third-order valence-electron chi connectivity index (χ3n) is 3.31. The fourth-order valence-electron chi connectivity index (χ4n) is 2.62. The molecule has 0 saturated carbocycles. The number of benzene rings is 1. The molecule has 1 heterocycles. The van der Waals surface area contributed by atoms with Crippen LogP contribution in [0.1, 0.15) is 13.8 Å². The van der Waals surface area contributed by atoms with E-state index in [1.54, 1.807) is 0 Å². The highest BCUT2D eigenvalue weighted by Gasteiger charge is 2.28. The van der Waals surface area contributed by atoms with Crippen molar-refractivity contribution in [2.24, 2.45) is 0 Å². The van der Waals surface area contributed by atoms with Crippen molar-refractivity contribution in [1.82, 2.24) is 0 Å². The number of piperazine rings is 1. The van der Waals surface area contributed by atoms with Gasteiger partial charge in [0.15, 0.2) is 5.82 Å². The van der Waals surface area contributed by atoms with Crippen molar-refractivity contribution in [2.75, 3.05) is 23.7 Å². The standard InChI is InChI=1S/C12H17FN4O2/c1-7-5-16(6-8(2)15-7)11-4-10(14)12(17(18)19)3-9(11)13/h3-4,7-8,15H,5-6,14H2,1-2H3/p+1/t7-,8-/m1/s1. The highest BCUT2D eigenvalue weighted by atomic mass is 19.1. The number of quaternary nitrogens is 1. The first-order valence-electron chi connectivity index (χ1n) is 6.22. The smallest absolute Gasteiger partial charge is 0.295 e. The lowest BCUT2D eigenvalue weighted by Gasteiger charge is -2.35. The van der Waals surface area contributed by atoms with E-state index >= 15 is 0 Å². The summed E-state index contributed by atoms with van der Waals surface area (Å²) in [6.07, 6.45) is 0. The number of nitrogens with zero attached hydrogens (tertiary/aromatic N) is 2. The maximum atomic E-state index is 14.0. The molecule has 0 aromatic heterocycles. The van der Waals surface area contributed by atoms with Crippen LogP contribution < -0.4 is 16.0 Å². The second-order valence-electron chi connectivity index (χ2n) is 5.17. The normalized spacial score (nSPS) is 23.4. The minimum Gasteiger partial charge on any atom is -0.393 e. The molecule has 0 bridgehead atoms. The summed E-state index contributed by atoms with van der Waals surface area (Å²) in [6, 6.07) is 2.95. The van der Waals surface area contributed by atoms with Gasteiger partial charge >= 0.3 is 0 Å². The number of hydrogen-bond acceptors (Lipinski definition) is 4. The minimum absolute atomic E-state index is 0.00346. The Kier molecular flexibility index (Phi) is 3.57. The molecule has 1 aliphatic rings. The Morgan fingerprint density at radius 1 is 1.42 bits per heavy atom. The molecule has 104 valence electrons. The summed E-state index contributed by atoms with van der Waals surface area (Å²) in [5.74, 6) is -0.595. The zero-order valence-corrected chi connectivity index (χ0v) is 11.0. The Morgan fingerprint density at radius 3 is 2.53 bits per heavy atom. The predicted octanol–water partition coefficient (Wildman–Crippen LogP) is 0.477. The Bertz CT molecular complexity index is 499. The van der Waals surface area contributed by atoms with Gasteiger partial charge in [0.25, 0.3) is 5.69 Å². The topological polar surface area (TPSA) is 89.0 Å². The van der Waals surface area contributed by atoms with Gasteiger partial charge in [-0.2, -0.15) is 0 Å². The van der Waals surface area contributed by atoms with E-state index in [1.807, 2.05) is 4.90 Å². The highest BCUT2D eigenvalue weighted by molar-refractivity contribution is 5.67. The summed E-state index contributed by atoms with van der Waals surface area (Å²) in [6.45, 7) is 5.52. The number of halogens is 1. The first-order valence-corrected chi connectivity index (χ1v) is 6.22. The molecule has 1 aliphatic heterocycles. The van der Waals surface area contributed by atoms with Gasteiger partial charge in [0, 0.05) is 0 Å². The molecule has 1 fully saturated rings. The maximum absolute atomic E-state index is 14.0. The molecule has 1 aromatic rings. The van der Waals surface area contributed by atoms with E-state index in [4.69, 9.17) is 5.73 Å². The van der Waals surface area contributed by atoms with Crippen LogP contribution >= 0.6 is 0 Å². The van der Waals surface area contributed by atoms with Crippen LogP contribution in [0.4, 0.5) is 21.5 Å². The molecular formula is C12H18FN4O2+. The second kappa shape index (κ2) is 5.00. The molecule has 6 nitrogen and oxygen atoms in total. The van der Waals surface area contributed by atoms with Gasteiger partial charge in [0.2, 0.25) is 0 Å². The fraction of sp³-hybridized carbons (Fsp3) is 0.500. The lowest BCUT2D eigenvalue weighted by Crippen LogP contribution is -2.99. The van der Waals surface area contributed by atoms with Gasteiger partial charge in [-0.1, -0.05) is 0 Å². The zero-order chi connectivity index (χ0) is 14.2. The van der Waals surface area contributed by atoms with Gasteiger partial charge in [-0.3, -0.25) is 10.1 Å². The SMILES string of the molecule is C[C@@H]1CN(c2cc(N)c([N+](=O)[O-])cc2F)C[C@@H](C)[NH2+]1. The molecule has 0 radical (unpaired) electrons. The monoisotopic (exact) mass is 269 g/mol. The van der Waals surface area contributed by atoms with Gasteiger partial charge in [-0.15, -0.1) is 0 Å². The van der Waals surface area contributed by atoms with Crippen molar-refractivity contribution in [1.29, 1.82) is 0 Å². The summed E-state index contributed by atoms with van der Waals surface area (Å²) in [7, 11) is 0. The number of anilines is 2. The molecule has 0 amide bonds. The molecule has 0 aliphatic carbocycles. The third-order valence-corrected chi connectivity index (χ3v) is 3.31. The van der Waals surface area contributed by atoms with E-state index in [9.17, 15) is 14.5 Å². The van der Waals surface area contributed by atoms with Crippen LogP contribution in [0.5, 0.6) is 0 Å². The molecule has 19 heavy (non-hydrogen) atoms. The van der Waals surface area contributed by atoms with Crippen LogP contribution in [0.3, 0.4) is 0 Å². The third kappa shape index (κ3) is 2.76. The van der Waals surface area contributed by atoms with Crippen molar-refractivity contribution in [3.63, 3.8) is 0 Å². The van der Waals surface area contributed by atoms with Gasteiger partial charge in [0.1, 0.15) is 17.8 Å². The van der Waals surface area contributed by atoms with Crippen molar-refractivity contribution in [3.05, 3.63) is 28.1 Å². The number of nitro benzene ring substituents is 1. The van der Waals surface area contributed by atoms with E-state index < -0.39 is 10.7 Å². The van der Waals surface area contributed by atoms with Gasteiger partial charge in [0.05, 0.1) is 29.8 Å². The number of hydrogen-bond donors (Lipinski definition) is 2. The largest absolute Gasteiger partial charge is 0.393 e. The first-order chi connectivity index (χ1) is 8.88. The second-order valence-corrected chi connectivity index (χ2v) is 5.17. The van der Waals surface area contributed by atoms with E-state index in [0.717, 1.165) is 6.07 Å². The molecule has 4 N–H and O–H groups in total. The average molecular weight is 269 g/mol. The average Bonchev–Trinajstić information content (AvgIpc) is 2.30. The Hall–Kier alpha value is -1.89. The maximum Gasteiger partial charge on any atom is 0.295 e. The van der Waals surface area contributed by atoms with Crippen LogP contribution in [-0.4, -0.2) is 30.1 Å². The van der Waals surface area contributed by atoms with Crippen LogP contribution in [0.2, 0.25) is 0 Å². The van der Waals surface area contributed by atoms with Crippen molar-refractivity contribution < 1.29 is 14.6 Å². The Balaban J connectivity index is 2.35. The van der Waals surface area contributed by atoms with E-state index in [2.05, 4.69) is 19.2 Å². The quantitative estimate of drug-likeness (QED) is 0.464. The first kappa shape index (κ1) is 13.5. The lowest BCUT2D eigenvalue weighted by atomic mass is 10.1. The van der Waals surface area contributed by atoms with Crippen molar-refractivity contribution in [2.45, 2.75) is 25.9 Å². The van der Waals surface area contributed by atoms with E-state index in [1.165, 1.54) is 6.07 Å². The summed E-state index contributed by atoms with van der Waals surface area (Å²) in [5.41, 5.74) is 5.58. The number of nitrogen functional groups attached to an aromatic ring is 1. The summed E-state index contributed by atoms with van der Waals surface area (Å²) < 4.78 is 14.0. The van der Waals surface area contributed by atoms with Crippen LogP contribution in [-0.2, 0) is 0 Å². The molecule has 1 aromatic carbocycles. The lowest BCUT2D eigenvalue weighted by molar-refractivity contribution is -0.716. The van der Waals surface area contributed by atoms with Crippen LogP contribution in [0.25, 0.3) is 0 Å². The summed E-state index contributed by atoms with van der Waals surface area (Å²) in [5, 5.41) is 12.9. The number of nitro groups is 1. The molecule has 2 atom stereocenters. The molecule has 2 rings (SSSR count). The Labute approximate surface area is 110 Å². The van der Waals surface area contributed by atoms with Crippen molar-refractivity contribution in [3.8, 4) is 0 Å². The van der Waals surface area contributed by atoms with E-state index in [0.29, 0.717) is 30.9 Å². The fourth-order valence-corrected chi connectivity index (χ4v) is 2.62. The molecule has 7 heteroatoms. The minimum atomic E-state index is -0.669. The highest BCUT2D eigenvalue weighted by Crippen LogP contribution is 2.30. The molecule has 1 saturated heterocycles. The summed E-state index contributed by atoms with van der Waals surface area (Å²) >= 11 is 0. The predicted molar refractivity (Wildman–Crippen MR) is 70.5 cm³/mol. The van der Waals surface area contributed by atoms with Crippen LogP contribution in [0.15, 0.2) is 12.1 Å². The zero-order valence-electron chi connectivity index (χ0n) is 11.0. The summed E-state index contributed by atoms with van der Waals surface area (Å²) in [4.78, 5) is 11.9. The van der Waals surface area contributed by atoms with Gasteiger partial charge in [-0.25, -0.2) is 4.39 Å². The molecular weight excluding hydrogens is 251 g/mol. The molecule has 0 spiro atoms. The van der Waals surface area contributed by atoms with Crippen LogP contribution in [0, 0.1) is 15.9 Å². The van der Waals surface area contributed by atoms with Gasteiger partial charge in [-0.05, 0) is 19.9 Å². The van der Waals surface area contributed by atoms with E-state index in [-0.39, 0.29) is 11.4 Å². The number of nitrogens with two attached hydrogens (primary N) is 2. The Morgan fingerprint density at radius 2 is 2.00 bits per heavy atom.